The Balaban J connectivity index is 1.57. The van der Waals surface area contributed by atoms with E-state index in [1.165, 1.54) is 16.4 Å². The zero-order chi connectivity index (χ0) is 25.2. The molecule has 4 rings (SSSR count). The van der Waals surface area contributed by atoms with Crippen LogP contribution in [0.15, 0.2) is 53.6 Å². The van der Waals surface area contributed by atoms with Crippen LogP contribution in [0.3, 0.4) is 0 Å². The lowest BCUT2D eigenvalue weighted by atomic mass is 9.93. The smallest absolute Gasteiger partial charge is 0.327 e. The van der Waals surface area contributed by atoms with E-state index in [0.29, 0.717) is 24.5 Å². The first-order chi connectivity index (χ1) is 16.7. The fourth-order valence-corrected chi connectivity index (χ4v) is 5.96. The molecular weight excluding hydrogens is 490 g/mol. The zero-order valence-electron chi connectivity index (χ0n) is 19.9. The highest BCUT2D eigenvalue weighted by Crippen LogP contribution is 2.38. The monoisotopic (exact) mass is 517 g/mol. The maximum Gasteiger partial charge on any atom is 0.327 e. The highest BCUT2D eigenvalue weighted by atomic mass is 35.5. The van der Waals surface area contributed by atoms with Gasteiger partial charge in [-0.25, -0.2) is 8.42 Å². The van der Waals surface area contributed by atoms with Crippen molar-refractivity contribution >= 4 is 27.6 Å². The Morgan fingerprint density at radius 3 is 2.71 bits per heavy atom. The number of sulfonamides is 1. The van der Waals surface area contributed by atoms with E-state index in [1.54, 1.807) is 30.9 Å². The zero-order valence-corrected chi connectivity index (χ0v) is 21.5. The molecule has 0 bridgehead atoms. The minimum absolute atomic E-state index is 0.00428. The molecule has 8 nitrogen and oxygen atoms in total. The first kappa shape index (κ1) is 25.2. The SMILES string of the molecule is CCOC(=O)Cn1ncc2c1CCC[C@H]2N(C)S(=O)(=O)c1ccc(Oc2ccccc2C)c(Cl)c1. The molecule has 0 fully saturated rings. The second-order valence-corrected chi connectivity index (χ2v) is 10.8. The Labute approximate surface area is 210 Å². The van der Waals surface area contributed by atoms with Crippen LogP contribution in [0.5, 0.6) is 11.5 Å². The minimum Gasteiger partial charge on any atom is -0.465 e. The van der Waals surface area contributed by atoms with E-state index in [9.17, 15) is 13.2 Å². The quantitative estimate of drug-likeness (QED) is 0.395. The molecule has 2 aromatic carbocycles. The summed E-state index contributed by atoms with van der Waals surface area (Å²) in [5.41, 5.74) is 2.60. The number of aryl methyl sites for hydroxylation is 1. The van der Waals surface area contributed by atoms with Crippen LogP contribution in [0.4, 0.5) is 0 Å². The van der Waals surface area contributed by atoms with E-state index in [0.717, 1.165) is 29.7 Å². The van der Waals surface area contributed by atoms with Crippen molar-refractivity contribution in [3.8, 4) is 11.5 Å². The summed E-state index contributed by atoms with van der Waals surface area (Å²) >= 11 is 6.42. The second-order valence-electron chi connectivity index (χ2n) is 8.40. The summed E-state index contributed by atoms with van der Waals surface area (Å²) in [6, 6.07) is 11.6. The first-order valence-corrected chi connectivity index (χ1v) is 13.3. The topological polar surface area (TPSA) is 90.7 Å². The van der Waals surface area contributed by atoms with Crippen LogP contribution < -0.4 is 4.74 Å². The summed E-state index contributed by atoms with van der Waals surface area (Å²) in [4.78, 5) is 12.0. The summed E-state index contributed by atoms with van der Waals surface area (Å²) in [6.07, 6.45) is 3.79. The highest BCUT2D eigenvalue weighted by Gasteiger charge is 2.34. The molecule has 3 aromatic rings. The van der Waals surface area contributed by atoms with Gasteiger partial charge in [0.25, 0.3) is 0 Å². The van der Waals surface area contributed by atoms with Crippen molar-refractivity contribution in [1.82, 2.24) is 14.1 Å². The van der Waals surface area contributed by atoms with Gasteiger partial charge in [0.1, 0.15) is 18.0 Å². The summed E-state index contributed by atoms with van der Waals surface area (Å²) in [6.45, 7) is 3.97. The van der Waals surface area contributed by atoms with Crippen molar-refractivity contribution in [3.63, 3.8) is 0 Å². The Morgan fingerprint density at radius 1 is 1.23 bits per heavy atom. The lowest BCUT2D eigenvalue weighted by molar-refractivity contribution is -0.144. The average molecular weight is 518 g/mol. The fraction of sp³-hybridized carbons (Fsp3) is 0.360. The molecule has 0 saturated carbocycles. The van der Waals surface area contributed by atoms with Crippen molar-refractivity contribution < 1.29 is 22.7 Å². The number of aromatic nitrogens is 2. The molecule has 0 N–H and O–H groups in total. The normalized spacial score (nSPS) is 15.6. The van der Waals surface area contributed by atoms with Crippen LogP contribution in [-0.2, 0) is 32.5 Å². The molecular formula is C25H28ClN3O5S. The Morgan fingerprint density at radius 2 is 2.00 bits per heavy atom. The van der Waals surface area contributed by atoms with Gasteiger partial charge in [0.2, 0.25) is 10.0 Å². The molecule has 186 valence electrons. The third kappa shape index (κ3) is 5.22. The lowest BCUT2D eigenvalue weighted by Crippen LogP contribution is -2.33. The van der Waals surface area contributed by atoms with Crippen LogP contribution in [0.25, 0.3) is 0 Å². The fourth-order valence-electron chi connectivity index (χ4n) is 4.29. The van der Waals surface area contributed by atoms with E-state index < -0.39 is 16.1 Å². The van der Waals surface area contributed by atoms with Crippen LogP contribution in [-0.4, -0.2) is 42.1 Å². The number of halogens is 1. The van der Waals surface area contributed by atoms with Gasteiger partial charge in [0.15, 0.2) is 0 Å². The van der Waals surface area contributed by atoms with E-state index in [-0.39, 0.29) is 22.4 Å². The largest absolute Gasteiger partial charge is 0.465 e. The van der Waals surface area contributed by atoms with E-state index in [2.05, 4.69) is 5.10 Å². The van der Waals surface area contributed by atoms with Gasteiger partial charge in [-0.2, -0.15) is 9.40 Å². The lowest BCUT2D eigenvalue weighted by Gasteiger charge is -2.31. The molecule has 1 atom stereocenters. The Hall–Kier alpha value is -2.88. The number of nitrogens with zero attached hydrogens (tertiary/aromatic N) is 3. The van der Waals surface area contributed by atoms with Crippen LogP contribution in [0.1, 0.15) is 42.6 Å². The molecule has 1 aliphatic carbocycles. The third-order valence-corrected chi connectivity index (χ3v) is 8.31. The number of carbonyl (C=O) groups is 1. The van der Waals surface area contributed by atoms with Crippen molar-refractivity contribution in [2.75, 3.05) is 13.7 Å². The van der Waals surface area contributed by atoms with Gasteiger partial charge in [0, 0.05) is 18.3 Å². The number of hydrogen-bond donors (Lipinski definition) is 0. The predicted molar refractivity (Wildman–Crippen MR) is 132 cm³/mol. The second kappa shape index (κ2) is 10.4. The van der Waals surface area contributed by atoms with Crippen molar-refractivity contribution in [1.29, 1.82) is 0 Å². The summed E-state index contributed by atoms with van der Waals surface area (Å²) in [5, 5.41) is 4.54. The molecule has 0 unspecified atom stereocenters. The third-order valence-electron chi connectivity index (χ3n) is 6.15. The molecule has 0 radical (unpaired) electrons. The van der Waals surface area contributed by atoms with Crippen molar-refractivity contribution in [3.05, 3.63) is 70.5 Å². The number of esters is 1. The first-order valence-electron chi connectivity index (χ1n) is 11.4. The molecule has 10 heteroatoms. The van der Waals surface area contributed by atoms with E-state index in [4.69, 9.17) is 21.1 Å². The molecule has 35 heavy (non-hydrogen) atoms. The molecule has 0 aliphatic heterocycles. The number of carbonyl (C=O) groups excluding carboxylic acids is 1. The highest BCUT2D eigenvalue weighted by molar-refractivity contribution is 7.89. The van der Waals surface area contributed by atoms with Gasteiger partial charge < -0.3 is 9.47 Å². The number of fused-ring (bicyclic) bond motifs is 1. The maximum absolute atomic E-state index is 13.5. The molecule has 0 amide bonds. The molecule has 1 aromatic heterocycles. The standard InChI is InChI=1S/C25H28ClN3O5S/c1-4-33-25(30)16-29-22-10-7-9-21(19(22)15-27-29)28(3)35(31,32)18-12-13-24(20(26)14-18)34-23-11-6-5-8-17(23)2/h5-6,8,11-15,21H,4,7,9-10,16H2,1-3H3/t21-/m1/s1. The molecule has 0 saturated heterocycles. The predicted octanol–water partition coefficient (Wildman–Crippen LogP) is 4.90. The van der Waals surface area contributed by atoms with Crippen LogP contribution >= 0.6 is 11.6 Å². The molecule has 1 aliphatic rings. The molecule has 1 heterocycles. The van der Waals surface area contributed by atoms with Gasteiger partial charge >= 0.3 is 5.97 Å². The number of para-hydroxylation sites is 1. The minimum atomic E-state index is -3.86. The molecule has 0 spiro atoms. The summed E-state index contributed by atoms with van der Waals surface area (Å²) < 4.78 is 40.9. The van der Waals surface area contributed by atoms with Gasteiger partial charge in [-0.1, -0.05) is 29.8 Å². The van der Waals surface area contributed by atoms with Crippen LogP contribution in [0, 0.1) is 6.92 Å². The Bertz CT molecular complexity index is 1340. The van der Waals surface area contributed by atoms with Crippen LogP contribution in [0.2, 0.25) is 5.02 Å². The number of hydrogen-bond acceptors (Lipinski definition) is 6. The summed E-state index contributed by atoms with van der Waals surface area (Å²) in [7, 11) is -2.30. The maximum atomic E-state index is 13.5. The summed E-state index contributed by atoms with van der Waals surface area (Å²) in [5.74, 6) is 0.656. The number of rotatable bonds is 8. The number of benzene rings is 2. The van der Waals surface area contributed by atoms with Gasteiger partial charge in [0.05, 0.1) is 28.8 Å². The Kier molecular flexibility index (Phi) is 7.49. The van der Waals surface area contributed by atoms with Crippen molar-refractivity contribution in [2.45, 2.75) is 50.6 Å². The van der Waals surface area contributed by atoms with Gasteiger partial charge in [-0.15, -0.1) is 0 Å². The van der Waals surface area contributed by atoms with Crippen molar-refractivity contribution in [2.24, 2.45) is 0 Å². The van der Waals surface area contributed by atoms with E-state index >= 15 is 0 Å². The van der Waals surface area contributed by atoms with Gasteiger partial charge in [-0.3, -0.25) is 9.48 Å². The van der Waals surface area contributed by atoms with Gasteiger partial charge in [-0.05, 0) is 62.9 Å². The van der Waals surface area contributed by atoms with E-state index in [1.807, 2.05) is 31.2 Å². The number of ether oxygens (including phenoxy) is 2. The average Bonchev–Trinajstić information content (AvgIpc) is 3.24.